The van der Waals surface area contributed by atoms with E-state index in [0.29, 0.717) is 24.1 Å². The fourth-order valence-electron chi connectivity index (χ4n) is 2.18. The topological polar surface area (TPSA) is 45.7 Å². The lowest BCUT2D eigenvalue weighted by Gasteiger charge is -2.11. The number of nitrogens with zero attached hydrogens (tertiary/aromatic N) is 1. The van der Waals surface area contributed by atoms with Crippen molar-refractivity contribution in [2.45, 2.75) is 39.5 Å². The van der Waals surface area contributed by atoms with Crippen LogP contribution in [-0.2, 0) is 17.9 Å². The minimum Gasteiger partial charge on any atom is -0.380 e. The van der Waals surface area contributed by atoms with Gasteiger partial charge in [0, 0.05) is 25.3 Å². The highest BCUT2D eigenvalue weighted by atomic mass is 127. The molecule has 1 aromatic rings. The third kappa shape index (κ3) is 5.72. The number of nitrogens with one attached hydrogen (secondary N) is 2. The van der Waals surface area contributed by atoms with Crippen LogP contribution in [0.2, 0.25) is 0 Å². The van der Waals surface area contributed by atoms with Gasteiger partial charge in [0.05, 0.1) is 13.2 Å². The Morgan fingerprint density at radius 3 is 2.77 bits per heavy atom. The van der Waals surface area contributed by atoms with Crippen molar-refractivity contribution in [3.05, 3.63) is 35.1 Å². The molecule has 1 saturated carbocycles. The standard InChI is InChI=1S/C16H24FN3O.HI/c1-4-18-16(20-15-7-11(15)2)19-9-12-5-6-14(17)13(8-12)10-21-3;/h5-6,8,11,15H,4,7,9-10H2,1-3H3,(H2,18,19,20);1H. The van der Waals surface area contributed by atoms with E-state index in [4.69, 9.17) is 4.74 Å². The Kier molecular flexibility index (Phi) is 8.09. The van der Waals surface area contributed by atoms with Crippen molar-refractivity contribution in [1.29, 1.82) is 0 Å². The first-order valence-corrected chi connectivity index (χ1v) is 7.45. The molecule has 2 unspecified atom stereocenters. The second-order valence-corrected chi connectivity index (χ2v) is 5.52. The molecule has 0 aliphatic heterocycles. The molecule has 1 aromatic carbocycles. The van der Waals surface area contributed by atoms with Crippen molar-refractivity contribution in [2.75, 3.05) is 13.7 Å². The molecule has 0 saturated heterocycles. The molecule has 2 N–H and O–H groups in total. The average Bonchev–Trinajstić information content (AvgIpc) is 3.15. The van der Waals surface area contributed by atoms with Crippen LogP contribution in [0.4, 0.5) is 4.39 Å². The van der Waals surface area contributed by atoms with E-state index in [1.165, 1.54) is 12.5 Å². The van der Waals surface area contributed by atoms with Crippen LogP contribution < -0.4 is 10.6 Å². The maximum absolute atomic E-state index is 13.6. The smallest absolute Gasteiger partial charge is 0.191 e. The Labute approximate surface area is 148 Å². The van der Waals surface area contributed by atoms with Gasteiger partial charge in [-0.05, 0) is 37.0 Å². The number of rotatable bonds is 6. The summed E-state index contributed by atoms with van der Waals surface area (Å²) < 4.78 is 18.6. The maximum Gasteiger partial charge on any atom is 0.191 e. The van der Waals surface area contributed by atoms with Crippen molar-refractivity contribution >= 4 is 29.9 Å². The van der Waals surface area contributed by atoms with Crippen molar-refractivity contribution in [3.8, 4) is 0 Å². The van der Waals surface area contributed by atoms with Crippen molar-refractivity contribution in [3.63, 3.8) is 0 Å². The summed E-state index contributed by atoms with van der Waals surface area (Å²) in [7, 11) is 1.56. The summed E-state index contributed by atoms with van der Waals surface area (Å²) in [6.45, 7) is 5.89. The van der Waals surface area contributed by atoms with Gasteiger partial charge < -0.3 is 15.4 Å². The first-order chi connectivity index (χ1) is 10.1. The Morgan fingerprint density at radius 1 is 1.45 bits per heavy atom. The Balaban J connectivity index is 0.00000242. The number of ether oxygens (including phenoxy) is 1. The van der Waals surface area contributed by atoms with Crippen LogP contribution in [0.25, 0.3) is 0 Å². The van der Waals surface area contributed by atoms with Gasteiger partial charge in [-0.2, -0.15) is 0 Å². The summed E-state index contributed by atoms with van der Waals surface area (Å²) >= 11 is 0. The number of halogens is 2. The fraction of sp³-hybridized carbons (Fsp3) is 0.562. The zero-order chi connectivity index (χ0) is 15.2. The lowest BCUT2D eigenvalue weighted by Crippen LogP contribution is -2.39. The van der Waals surface area contributed by atoms with Crippen molar-refractivity contribution < 1.29 is 9.13 Å². The number of methoxy groups -OCH3 is 1. The van der Waals surface area contributed by atoms with Gasteiger partial charge in [0.1, 0.15) is 5.82 Å². The lowest BCUT2D eigenvalue weighted by atomic mass is 10.1. The summed E-state index contributed by atoms with van der Waals surface area (Å²) in [5.41, 5.74) is 1.54. The zero-order valence-electron chi connectivity index (χ0n) is 13.4. The molecular formula is C16H25FIN3O. The molecule has 1 aliphatic rings. The number of aliphatic imine (C=N–C) groups is 1. The highest BCUT2D eigenvalue weighted by molar-refractivity contribution is 14.0. The van der Waals surface area contributed by atoms with E-state index in [0.717, 1.165) is 18.1 Å². The van der Waals surface area contributed by atoms with Crippen molar-refractivity contribution in [1.82, 2.24) is 10.6 Å². The van der Waals surface area contributed by atoms with Gasteiger partial charge in [-0.25, -0.2) is 9.38 Å². The Morgan fingerprint density at radius 2 is 2.18 bits per heavy atom. The molecule has 0 aromatic heterocycles. The first kappa shape index (κ1) is 19.2. The predicted octanol–water partition coefficient (Wildman–Crippen LogP) is 3.05. The highest BCUT2D eigenvalue weighted by Crippen LogP contribution is 2.28. The summed E-state index contributed by atoms with van der Waals surface area (Å²) in [6.07, 6.45) is 1.19. The van der Waals surface area contributed by atoms with Crippen molar-refractivity contribution in [2.24, 2.45) is 10.9 Å². The van der Waals surface area contributed by atoms with Gasteiger partial charge in [0.15, 0.2) is 5.96 Å². The van der Waals surface area contributed by atoms with Crippen LogP contribution in [0.1, 0.15) is 31.4 Å². The number of hydrogen-bond acceptors (Lipinski definition) is 2. The third-order valence-electron chi connectivity index (χ3n) is 3.61. The van der Waals surface area contributed by atoms with E-state index < -0.39 is 0 Å². The van der Waals surface area contributed by atoms with E-state index in [1.54, 1.807) is 13.2 Å². The van der Waals surface area contributed by atoms with Gasteiger partial charge in [-0.1, -0.05) is 13.0 Å². The minimum absolute atomic E-state index is 0. The summed E-state index contributed by atoms with van der Waals surface area (Å²) in [5.74, 6) is 1.30. The van der Waals surface area contributed by atoms with Crippen LogP contribution >= 0.6 is 24.0 Å². The van der Waals surface area contributed by atoms with Crippen LogP contribution in [0, 0.1) is 11.7 Å². The summed E-state index contributed by atoms with van der Waals surface area (Å²) in [5, 5.41) is 6.64. The monoisotopic (exact) mass is 421 g/mol. The SMILES string of the molecule is CCNC(=NCc1ccc(F)c(COC)c1)NC1CC1C.I. The molecule has 4 nitrogen and oxygen atoms in total. The molecule has 2 rings (SSSR count). The molecule has 0 heterocycles. The summed E-state index contributed by atoms with van der Waals surface area (Å²) in [6, 6.07) is 5.58. The van der Waals surface area contributed by atoms with Crippen LogP contribution in [0.15, 0.2) is 23.2 Å². The molecule has 124 valence electrons. The second kappa shape index (κ2) is 9.29. The van der Waals surface area contributed by atoms with E-state index in [2.05, 4.69) is 22.5 Å². The molecule has 0 amide bonds. The van der Waals surface area contributed by atoms with Crippen LogP contribution in [-0.4, -0.2) is 25.7 Å². The lowest BCUT2D eigenvalue weighted by molar-refractivity contribution is 0.181. The third-order valence-corrected chi connectivity index (χ3v) is 3.61. The average molecular weight is 421 g/mol. The minimum atomic E-state index is -0.235. The quantitative estimate of drug-likeness (QED) is 0.422. The van der Waals surface area contributed by atoms with E-state index in [-0.39, 0.29) is 36.4 Å². The second-order valence-electron chi connectivity index (χ2n) is 5.52. The molecule has 1 aliphatic carbocycles. The molecule has 22 heavy (non-hydrogen) atoms. The molecule has 1 fully saturated rings. The van der Waals surface area contributed by atoms with Crippen LogP contribution in [0.5, 0.6) is 0 Å². The van der Waals surface area contributed by atoms with Gasteiger partial charge in [0.2, 0.25) is 0 Å². The molecule has 0 radical (unpaired) electrons. The highest BCUT2D eigenvalue weighted by Gasteiger charge is 2.33. The van der Waals surface area contributed by atoms with E-state index in [9.17, 15) is 4.39 Å². The normalized spacial score (nSPS) is 20.3. The van der Waals surface area contributed by atoms with Crippen LogP contribution in [0.3, 0.4) is 0 Å². The first-order valence-electron chi connectivity index (χ1n) is 7.45. The molecule has 2 atom stereocenters. The maximum atomic E-state index is 13.6. The largest absolute Gasteiger partial charge is 0.380 e. The summed E-state index contributed by atoms with van der Waals surface area (Å²) in [4.78, 5) is 4.56. The molecule has 0 bridgehead atoms. The van der Waals surface area contributed by atoms with Gasteiger partial charge in [-0.15, -0.1) is 24.0 Å². The number of benzene rings is 1. The fourth-order valence-corrected chi connectivity index (χ4v) is 2.18. The van der Waals surface area contributed by atoms with Gasteiger partial charge in [0.25, 0.3) is 0 Å². The molecule has 6 heteroatoms. The van der Waals surface area contributed by atoms with E-state index in [1.807, 2.05) is 13.0 Å². The predicted molar refractivity (Wildman–Crippen MR) is 98.0 cm³/mol. The molecular weight excluding hydrogens is 396 g/mol. The zero-order valence-corrected chi connectivity index (χ0v) is 15.7. The Bertz CT molecular complexity index is 510. The Hall–Kier alpha value is -0.890. The van der Waals surface area contributed by atoms with E-state index >= 15 is 0 Å². The van der Waals surface area contributed by atoms with Gasteiger partial charge >= 0.3 is 0 Å². The number of hydrogen-bond donors (Lipinski definition) is 2. The molecule has 0 spiro atoms. The van der Waals surface area contributed by atoms with Gasteiger partial charge in [-0.3, -0.25) is 0 Å². The number of guanidine groups is 1.